The van der Waals surface area contributed by atoms with Crippen LogP contribution in [-0.2, 0) is 0 Å². The summed E-state index contributed by atoms with van der Waals surface area (Å²) in [6.07, 6.45) is 1.44. The van der Waals surface area contributed by atoms with Gasteiger partial charge in [-0.25, -0.2) is 9.37 Å². The molecule has 0 radical (unpaired) electrons. The van der Waals surface area contributed by atoms with Crippen LogP contribution in [0.4, 0.5) is 10.1 Å². The molecule has 1 fully saturated rings. The molecule has 148 valence electrons. The Kier molecular flexibility index (Phi) is 4.65. The summed E-state index contributed by atoms with van der Waals surface area (Å²) in [7, 11) is 0. The number of halogens is 1. The van der Waals surface area contributed by atoms with E-state index in [1.165, 1.54) is 28.2 Å². The second-order valence-corrected chi connectivity index (χ2v) is 8.04. The molecule has 0 unspecified atom stereocenters. The lowest BCUT2D eigenvalue weighted by Gasteiger charge is -2.40. The Morgan fingerprint density at radius 1 is 0.966 bits per heavy atom. The van der Waals surface area contributed by atoms with Crippen molar-refractivity contribution < 1.29 is 9.50 Å². The molecule has 6 nitrogen and oxygen atoms in total. The van der Waals surface area contributed by atoms with E-state index in [2.05, 4.69) is 32.0 Å². The fraction of sp³-hybridized carbons (Fsp3) is 0.238. The maximum atomic E-state index is 14.2. The summed E-state index contributed by atoms with van der Waals surface area (Å²) in [5.74, 6) is -0.0587. The van der Waals surface area contributed by atoms with Gasteiger partial charge in [-0.05, 0) is 17.7 Å². The second kappa shape index (κ2) is 7.46. The predicted octanol–water partition coefficient (Wildman–Crippen LogP) is 3.55. The molecule has 4 aromatic rings. The van der Waals surface area contributed by atoms with Crippen LogP contribution in [0, 0.1) is 5.82 Å². The predicted molar refractivity (Wildman–Crippen MR) is 111 cm³/mol. The van der Waals surface area contributed by atoms with Gasteiger partial charge in [0.05, 0.1) is 16.6 Å². The summed E-state index contributed by atoms with van der Waals surface area (Å²) in [5, 5.41) is 14.9. The Balaban J connectivity index is 1.46. The first-order valence-electron chi connectivity index (χ1n) is 9.52. The van der Waals surface area contributed by atoms with Crippen molar-refractivity contribution in [2.75, 3.05) is 31.1 Å². The molecule has 0 amide bonds. The van der Waals surface area contributed by atoms with Crippen LogP contribution in [0.15, 0.2) is 60.9 Å². The normalized spacial score (nSPS) is 16.4. The van der Waals surface area contributed by atoms with Gasteiger partial charge >= 0.3 is 0 Å². The molecule has 5 rings (SSSR count). The zero-order valence-electron chi connectivity index (χ0n) is 15.6. The largest absolute Gasteiger partial charge is 0.492 e. The first-order chi connectivity index (χ1) is 14.2. The monoisotopic (exact) mass is 409 g/mol. The van der Waals surface area contributed by atoms with Gasteiger partial charge in [0.2, 0.25) is 10.8 Å². The van der Waals surface area contributed by atoms with Crippen LogP contribution in [0.5, 0.6) is 5.88 Å². The third kappa shape index (κ3) is 3.24. The zero-order chi connectivity index (χ0) is 19.8. The van der Waals surface area contributed by atoms with Crippen LogP contribution in [0.25, 0.3) is 4.96 Å². The van der Waals surface area contributed by atoms with Crippen LogP contribution in [0.1, 0.15) is 16.5 Å². The molecule has 0 aliphatic carbocycles. The Hall–Kier alpha value is -2.97. The van der Waals surface area contributed by atoms with E-state index in [0.717, 1.165) is 23.5 Å². The topological polar surface area (TPSA) is 56.9 Å². The lowest BCUT2D eigenvalue weighted by molar-refractivity contribution is 0.210. The molecule has 29 heavy (non-hydrogen) atoms. The van der Waals surface area contributed by atoms with E-state index in [0.29, 0.717) is 23.7 Å². The standard InChI is InChI=1S/C21H20FN5OS/c22-16-8-4-5-9-17(16)25-10-12-26(13-11-25)18(15-6-2-1-3-7-15)19-20(28)27-21(29-19)23-14-24-27/h1-9,14,18,28H,10-13H2/t18-/m0/s1. The van der Waals surface area contributed by atoms with E-state index in [4.69, 9.17) is 0 Å². The highest BCUT2D eigenvalue weighted by Crippen LogP contribution is 2.40. The van der Waals surface area contributed by atoms with Crippen LogP contribution in [0.3, 0.4) is 0 Å². The molecule has 3 heterocycles. The number of hydrogen-bond donors (Lipinski definition) is 1. The molecule has 1 N–H and O–H groups in total. The molecular weight excluding hydrogens is 389 g/mol. The minimum Gasteiger partial charge on any atom is -0.492 e. The summed E-state index contributed by atoms with van der Waals surface area (Å²) < 4.78 is 15.7. The van der Waals surface area contributed by atoms with Crippen molar-refractivity contribution in [3.8, 4) is 5.88 Å². The summed E-state index contributed by atoms with van der Waals surface area (Å²) in [6, 6.07) is 16.9. The second-order valence-electron chi connectivity index (χ2n) is 7.03. The average molecular weight is 409 g/mol. The highest BCUT2D eigenvalue weighted by molar-refractivity contribution is 7.17. The van der Waals surface area contributed by atoms with E-state index in [-0.39, 0.29) is 17.7 Å². The molecule has 0 bridgehead atoms. The third-order valence-electron chi connectivity index (χ3n) is 5.37. The molecule has 1 atom stereocenters. The average Bonchev–Trinajstić information content (AvgIpc) is 3.34. The van der Waals surface area contributed by atoms with Crippen molar-refractivity contribution in [2.45, 2.75) is 6.04 Å². The van der Waals surface area contributed by atoms with Crippen molar-refractivity contribution in [1.29, 1.82) is 0 Å². The molecule has 1 saturated heterocycles. The number of benzene rings is 2. The van der Waals surface area contributed by atoms with Crippen molar-refractivity contribution in [2.24, 2.45) is 0 Å². The minimum atomic E-state index is -0.191. The van der Waals surface area contributed by atoms with Crippen LogP contribution >= 0.6 is 11.3 Å². The number of aromatic nitrogens is 3. The highest BCUT2D eigenvalue weighted by atomic mass is 32.1. The number of piperazine rings is 1. The van der Waals surface area contributed by atoms with Crippen molar-refractivity contribution >= 4 is 22.0 Å². The van der Waals surface area contributed by atoms with Gasteiger partial charge in [-0.3, -0.25) is 4.90 Å². The lowest BCUT2D eigenvalue weighted by atomic mass is 10.0. The molecule has 0 saturated carbocycles. The Morgan fingerprint density at radius 2 is 1.69 bits per heavy atom. The van der Waals surface area contributed by atoms with Gasteiger partial charge in [-0.15, -0.1) is 0 Å². The minimum absolute atomic E-state index is 0.104. The molecule has 8 heteroatoms. The quantitative estimate of drug-likeness (QED) is 0.559. The molecule has 0 spiro atoms. The van der Waals surface area contributed by atoms with E-state index < -0.39 is 0 Å². The fourth-order valence-corrected chi connectivity index (χ4v) is 5.06. The molecule has 1 aliphatic rings. The number of aromatic hydroxyl groups is 1. The Labute approximate surface area is 171 Å². The number of thiazole rings is 1. The number of nitrogens with zero attached hydrogens (tertiary/aromatic N) is 5. The van der Waals surface area contributed by atoms with E-state index in [9.17, 15) is 9.50 Å². The van der Waals surface area contributed by atoms with Gasteiger partial charge in [0, 0.05) is 26.2 Å². The first kappa shape index (κ1) is 18.1. The van der Waals surface area contributed by atoms with E-state index in [1.54, 1.807) is 6.07 Å². The molecule has 2 aromatic heterocycles. The van der Waals surface area contributed by atoms with Crippen LogP contribution in [-0.4, -0.2) is 50.8 Å². The highest BCUT2D eigenvalue weighted by Gasteiger charge is 2.31. The van der Waals surface area contributed by atoms with Gasteiger partial charge in [0.15, 0.2) is 0 Å². The van der Waals surface area contributed by atoms with E-state index in [1.807, 2.05) is 30.3 Å². The zero-order valence-corrected chi connectivity index (χ0v) is 16.5. The SMILES string of the molecule is Oc1c([C@H](c2ccccc2)N2CCN(c3ccccc3F)CC2)sc2ncnn12. The van der Waals surface area contributed by atoms with E-state index >= 15 is 0 Å². The Bertz CT molecular complexity index is 1120. The summed E-state index contributed by atoms with van der Waals surface area (Å²) in [5.41, 5.74) is 1.75. The number of anilines is 1. The first-order valence-corrected chi connectivity index (χ1v) is 10.3. The van der Waals surface area contributed by atoms with Gasteiger partial charge in [-0.2, -0.15) is 9.61 Å². The number of para-hydroxylation sites is 1. The molecular formula is C21H20FN5OS. The fourth-order valence-electron chi connectivity index (χ4n) is 3.96. The van der Waals surface area contributed by atoms with Crippen molar-refractivity contribution in [1.82, 2.24) is 19.5 Å². The summed E-state index contributed by atoms with van der Waals surface area (Å²) in [4.78, 5) is 10.1. The molecule has 2 aromatic carbocycles. The van der Waals surface area contributed by atoms with Gasteiger partial charge in [0.25, 0.3) is 0 Å². The van der Waals surface area contributed by atoms with Crippen molar-refractivity contribution in [3.05, 3.63) is 77.2 Å². The van der Waals surface area contributed by atoms with Gasteiger partial charge in [-0.1, -0.05) is 53.8 Å². The number of fused-ring (bicyclic) bond motifs is 1. The van der Waals surface area contributed by atoms with Gasteiger partial charge in [0.1, 0.15) is 12.1 Å². The van der Waals surface area contributed by atoms with Crippen molar-refractivity contribution in [3.63, 3.8) is 0 Å². The van der Waals surface area contributed by atoms with Crippen LogP contribution in [0.2, 0.25) is 0 Å². The number of rotatable bonds is 4. The summed E-state index contributed by atoms with van der Waals surface area (Å²) >= 11 is 1.45. The van der Waals surface area contributed by atoms with Crippen LogP contribution < -0.4 is 4.90 Å². The lowest BCUT2D eigenvalue weighted by Crippen LogP contribution is -2.48. The Morgan fingerprint density at radius 3 is 2.41 bits per heavy atom. The maximum absolute atomic E-state index is 14.2. The maximum Gasteiger partial charge on any atom is 0.230 e. The summed E-state index contributed by atoms with van der Waals surface area (Å²) in [6.45, 7) is 2.93. The smallest absolute Gasteiger partial charge is 0.230 e. The van der Waals surface area contributed by atoms with Gasteiger partial charge < -0.3 is 10.0 Å². The third-order valence-corrected chi connectivity index (χ3v) is 6.46. The number of hydrogen-bond acceptors (Lipinski definition) is 6. The molecule has 1 aliphatic heterocycles.